The molecule has 0 heterocycles. The molecule has 0 aliphatic carbocycles. The van der Waals surface area contributed by atoms with Crippen LogP contribution in [0.3, 0.4) is 0 Å². The van der Waals surface area contributed by atoms with Crippen molar-refractivity contribution in [2.24, 2.45) is 10.3 Å². The van der Waals surface area contributed by atoms with Crippen molar-refractivity contribution in [3.8, 4) is 0 Å². The van der Waals surface area contributed by atoms with E-state index in [2.05, 4.69) is 52.8 Å². The third-order valence-electron chi connectivity index (χ3n) is 4.43. The van der Waals surface area contributed by atoms with Crippen molar-refractivity contribution in [3.63, 3.8) is 0 Å². The normalized spacial score (nSPS) is 11.0. The summed E-state index contributed by atoms with van der Waals surface area (Å²) in [6, 6.07) is 15.2. The zero-order valence-electron chi connectivity index (χ0n) is 18.7. The smallest absolute Gasteiger partial charge is 0.260 e. The van der Waals surface area contributed by atoms with Crippen molar-refractivity contribution in [1.82, 2.24) is 10.6 Å². The van der Waals surface area contributed by atoms with E-state index in [1.807, 2.05) is 48.5 Å². The Balaban J connectivity index is 1.39. The van der Waals surface area contributed by atoms with Crippen molar-refractivity contribution in [1.29, 1.82) is 0 Å². The van der Waals surface area contributed by atoms with E-state index in [0.717, 1.165) is 45.8 Å². The number of amides is 2. The lowest BCUT2D eigenvalue weighted by molar-refractivity contribution is -0.126. The van der Waals surface area contributed by atoms with Crippen molar-refractivity contribution >= 4 is 56.1 Å². The second kappa shape index (κ2) is 16.8. The quantitative estimate of drug-likeness (QED) is 0.181. The van der Waals surface area contributed by atoms with E-state index in [-0.39, 0.29) is 25.0 Å². The van der Waals surface area contributed by atoms with Gasteiger partial charge in [0.1, 0.15) is 0 Å². The number of carbonyl (C=O) groups excluding carboxylic acids is 2. The highest BCUT2D eigenvalue weighted by Crippen LogP contribution is 2.09. The summed E-state index contributed by atoms with van der Waals surface area (Å²) in [5.74, 6) is -0.411. The first kappa shape index (κ1) is 27.5. The first-order valence-corrected chi connectivity index (χ1v) is 12.5. The molecule has 2 aromatic carbocycles. The molecule has 0 unspecified atom stereocenters. The highest BCUT2D eigenvalue weighted by molar-refractivity contribution is 9.10. The SMILES string of the molecule is O=C(CO/N=C/c1ccc(Br)cc1)NCCCCCCNC(=O)CO/N=C/c1ccc(Br)cc1. The molecule has 0 fully saturated rings. The van der Waals surface area contributed by atoms with Gasteiger partial charge >= 0.3 is 0 Å². The summed E-state index contributed by atoms with van der Waals surface area (Å²) in [5.41, 5.74) is 1.77. The minimum Gasteiger partial charge on any atom is -0.386 e. The molecule has 8 nitrogen and oxygen atoms in total. The highest BCUT2D eigenvalue weighted by Gasteiger charge is 2.02. The topological polar surface area (TPSA) is 101 Å². The van der Waals surface area contributed by atoms with Gasteiger partial charge in [-0.05, 0) is 48.2 Å². The number of halogens is 2. The van der Waals surface area contributed by atoms with Crippen molar-refractivity contribution in [2.75, 3.05) is 26.3 Å². The fourth-order valence-electron chi connectivity index (χ4n) is 2.65. The van der Waals surface area contributed by atoms with Crippen LogP contribution in [0.4, 0.5) is 0 Å². The summed E-state index contributed by atoms with van der Waals surface area (Å²) in [7, 11) is 0. The maximum Gasteiger partial charge on any atom is 0.260 e. The molecule has 0 aromatic heterocycles. The first-order chi connectivity index (χ1) is 16.5. The van der Waals surface area contributed by atoms with Crippen molar-refractivity contribution in [2.45, 2.75) is 25.7 Å². The number of benzene rings is 2. The molecule has 34 heavy (non-hydrogen) atoms. The van der Waals surface area contributed by atoms with Gasteiger partial charge in [0, 0.05) is 22.0 Å². The molecule has 0 saturated carbocycles. The summed E-state index contributed by atoms with van der Waals surface area (Å²) in [6.45, 7) is 0.924. The molecule has 10 heteroatoms. The Kier molecular flexibility index (Phi) is 13.6. The van der Waals surface area contributed by atoms with E-state index in [1.165, 1.54) is 0 Å². The molecule has 0 saturated heterocycles. The van der Waals surface area contributed by atoms with E-state index < -0.39 is 0 Å². The standard InChI is InChI=1S/C24H28Br2N4O4/c25-21-9-5-19(6-10-21)15-29-33-17-23(31)27-13-3-1-2-4-14-28-24(32)18-34-30-16-20-7-11-22(26)12-8-20/h5-12,15-16H,1-4,13-14,17-18H2,(H,27,31)(H,28,32)/b29-15+,30-16+. The van der Waals surface area contributed by atoms with Gasteiger partial charge in [0.15, 0.2) is 13.2 Å². The molecule has 2 rings (SSSR count). The molecule has 0 radical (unpaired) electrons. The molecular formula is C24H28Br2N4O4. The molecular weight excluding hydrogens is 568 g/mol. The Morgan fingerprint density at radius 1 is 0.676 bits per heavy atom. The van der Waals surface area contributed by atoms with Crippen LogP contribution < -0.4 is 10.6 Å². The van der Waals surface area contributed by atoms with Crippen LogP contribution in [0.1, 0.15) is 36.8 Å². The van der Waals surface area contributed by atoms with Crippen molar-refractivity contribution in [3.05, 3.63) is 68.6 Å². The molecule has 0 bridgehead atoms. The molecule has 0 spiro atoms. The molecule has 182 valence electrons. The van der Waals surface area contributed by atoms with Gasteiger partial charge in [0.25, 0.3) is 11.8 Å². The third-order valence-corrected chi connectivity index (χ3v) is 5.49. The summed E-state index contributed by atoms with van der Waals surface area (Å²) < 4.78 is 1.97. The van der Waals surface area contributed by atoms with Gasteiger partial charge in [-0.25, -0.2) is 0 Å². The Labute approximate surface area is 216 Å². The Bertz CT molecular complexity index is 857. The van der Waals surface area contributed by atoms with Crippen LogP contribution in [-0.4, -0.2) is 50.5 Å². The predicted octanol–water partition coefficient (Wildman–Crippen LogP) is 4.41. The Morgan fingerprint density at radius 2 is 1.06 bits per heavy atom. The van der Waals surface area contributed by atoms with Gasteiger partial charge in [-0.3, -0.25) is 9.59 Å². The fourth-order valence-corrected chi connectivity index (χ4v) is 3.18. The third kappa shape index (κ3) is 13.1. The molecule has 0 aliphatic heterocycles. The van der Waals surface area contributed by atoms with Gasteiger partial charge in [-0.2, -0.15) is 0 Å². The van der Waals surface area contributed by atoms with E-state index in [0.29, 0.717) is 13.1 Å². The van der Waals surface area contributed by atoms with E-state index >= 15 is 0 Å². The van der Waals surface area contributed by atoms with Crippen LogP contribution in [-0.2, 0) is 19.3 Å². The van der Waals surface area contributed by atoms with E-state index in [1.54, 1.807) is 12.4 Å². The minimum absolute atomic E-state index is 0.117. The number of nitrogens with zero attached hydrogens (tertiary/aromatic N) is 2. The lowest BCUT2D eigenvalue weighted by Crippen LogP contribution is -2.28. The Hall–Kier alpha value is -2.72. The molecule has 2 N–H and O–H groups in total. The van der Waals surface area contributed by atoms with Gasteiger partial charge < -0.3 is 20.3 Å². The van der Waals surface area contributed by atoms with Crippen LogP contribution in [0.5, 0.6) is 0 Å². The van der Waals surface area contributed by atoms with Crippen LogP contribution in [0, 0.1) is 0 Å². The maximum atomic E-state index is 11.7. The molecule has 0 aliphatic rings. The van der Waals surface area contributed by atoms with Gasteiger partial charge in [-0.15, -0.1) is 0 Å². The summed E-state index contributed by atoms with van der Waals surface area (Å²) >= 11 is 6.72. The lowest BCUT2D eigenvalue weighted by atomic mass is 10.2. The summed E-state index contributed by atoms with van der Waals surface area (Å²) in [6.07, 6.45) is 6.73. The predicted molar refractivity (Wildman–Crippen MR) is 140 cm³/mol. The second-order valence-electron chi connectivity index (χ2n) is 7.23. The first-order valence-electron chi connectivity index (χ1n) is 10.9. The molecule has 2 amide bonds. The second-order valence-corrected chi connectivity index (χ2v) is 9.06. The van der Waals surface area contributed by atoms with Crippen LogP contribution in [0.25, 0.3) is 0 Å². The number of hydrogen-bond acceptors (Lipinski definition) is 6. The highest BCUT2D eigenvalue weighted by atomic mass is 79.9. The van der Waals surface area contributed by atoms with Gasteiger partial charge in [-0.1, -0.05) is 79.3 Å². The number of oxime groups is 2. The summed E-state index contributed by atoms with van der Waals surface area (Å²) in [4.78, 5) is 33.5. The largest absolute Gasteiger partial charge is 0.386 e. The number of unbranched alkanes of at least 4 members (excludes halogenated alkanes) is 3. The summed E-state index contributed by atoms with van der Waals surface area (Å²) in [5, 5.41) is 13.2. The zero-order chi connectivity index (χ0) is 24.4. The maximum absolute atomic E-state index is 11.7. The number of hydrogen-bond donors (Lipinski definition) is 2. The molecule has 2 aromatic rings. The number of nitrogens with one attached hydrogen (secondary N) is 2. The van der Waals surface area contributed by atoms with E-state index in [4.69, 9.17) is 9.68 Å². The van der Waals surface area contributed by atoms with Crippen LogP contribution >= 0.6 is 31.9 Å². The van der Waals surface area contributed by atoms with Crippen molar-refractivity contribution < 1.29 is 19.3 Å². The fraction of sp³-hybridized carbons (Fsp3) is 0.333. The lowest BCUT2D eigenvalue weighted by Gasteiger charge is -2.06. The monoisotopic (exact) mass is 594 g/mol. The van der Waals surface area contributed by atoms with Gasteiger partial charge in [0.2, 0.25) is 0 Å². The Morgan fingerprint density at radius 3 is 1.44 bits per heavy atom. The number of rotatable bonds is 15. The van der Waals surface area contributed by atoms with E-state index in [9.17, 15) is 9.59 Å². The molecule has 0 atom stereocenters. The zero-order valence-corrected chi connectivity index (χ0v) is 21.9. The average Bonchev–Trinajstić information content (AvgIpc) is 2.83. The number of carbonyl (C=O) groups is 2. The van der Waals surface area contributed by atoms with Crippen LogP contribution in [0.15, 0.2) is 67.8 Å². The minimum atomic E-state index is -0.206. The van der Waals surface area contributed by atoms with Crippen LogP contribution in [0.2, 0.25) is 0 Å². The average molecular weight is 596 g/mol. The van der Waals surface area contributed by atoms with Gasteiger partial charge in [0.05, 0.1) is 12.4 Å².